The lowest BCUT2D eigenvalue weighted by Gasteiger charge is -2.40. The number of piperidine rings is 1. The first-order valence-corrected chi connectivity index (χ1v) is 9.27. The van der Waals surface area contributed by atoms with Crippen LogP contribution >= 0.6 is 0 Å². The van der Waals surface area contributed by atoms with Crippen molar-refractivity contribution in [3.8, 4) is 0 Å². The van der Waals surface area contributed by atoms with Crippen LogP contribution in [0.3, 0.4) is 0 Å². The number of likely N-dealkylation sites (tertiary alicyclic amines) is 2. The Morgan fingerprint density at radius 1 is 1.15 bits per heavy atom. The number of amides is 1. The van der Waals surface area contributed by atoms with Gasteiger partial charge in [0.2, 0.25) is 0 Å². The number of halogens is 2. The molecular formula is C20H22F2N4O. The van der Waals surface area contributed by atoms with Crippen LogP contribution < -0.4 is 0 Å². The van der Waals surface area contributed by atoms with Gasteiger partial charge in [0.15, 0.2) is 11.6 Å². The van der Waals surface area contributed by atoms with Crippen molar-refractivity contribution in [2.75, 3.05) is 26.2 Å². The largest absolute Gasteiger partial charge is 0.337 e. The van der Waals surface area contributed by atoms with Crippen LogP contribution in [0.25, 0.3) is 0 Å². The molecule has 2 saturated heterocycles. The molecule has 1 aromatic carbocycles. The highest BCUT2D eigenvalue weighted by Crippen LogP contribution is 2.39. The number of nitrogens with zero attached hydrogens (tertiary/aromatic N) is 4. The maximum absolute atomic E-state index is 14.0. The highest BCUT2D eigenvalue weighted by molar-refractivity contribution is 5.92. The molecule has 1 spiro atoms. The summed E-state index contributed by atoms with van der Waals surface area (Å²) in [5, 5.41) is 0. The minimum Gasteiger partial charge on any atom is -0.337 e. The van der Waals surface area contributed by atoms with E-state index in [-0.39, 0.29) is 11.3 Å². The van der Waals surface area contributed by atoms with Gasteiger partial charge in [0.05, 0.1) is 6.20 Å². The van der Waals surface area contributed by atoms with Gasteiger partial charge in [-0.3, -0.25) is 14.7 Å². The van der Waals surface area contributed by atoms with E-state index in [2.05, 4.69) is 14.9 Å². The molecule has 3 heterocycles. The Kier molecular flexibility index (Phi) is 4.86. The molecule has 1 amide bonds. The van der Waals surface area contributed by atoms with Crippen LogP contribution in [0.1, 0.15) is 35.3 Å². The van der Waals surface area contributed by atoms with Gasteiger partial charge in [-0.1, -0.05) is 12.1 Å². The van der Waals surface area contributed by atoms with Crippen molar-refractivity contribution >= 4 is 5.91 Å². The van der Waals surface area contributed by atoms with E-state index in [4.69, 9.17) is 0 Å². The van der Waals surface area contributed by atoms with Gasteiger partial charge >= 0.3 is 0 Å². The molecule has 1 aromatic heterocycles. The fourth-order valence-corrected chi connectivity index (χ4v) is 4.37. The summed E-state index contributed by atoms with van der Waals surface area (Å²) in [6.45, 7) is 3.40. The van der Waals surface area contributed by atoms with Crippen molar-refractivity contribution in [3.05, 3.63) is 59.7 Å². The van der Waals surface area contributed by atoms with Crippen LogP contribution in [-0.4, -0.2) is 51.9 Å². The Hall–Kier alpha value is -2.41. The molecule has 0 N–H and O–H groups in total. The smallest absolute Gasteiger partial charge is 0.274 e. The molecule has 4 rings (SSSR count). The molecule has 0 aliphatic carbocycles. The van der Waals surface area contributed by atoms with Gasteiger partial charge in [-0.15, -0.1) is 0 Å². The first-order chi connectivity index (χ1) is 13.1. The molecule has 0 saturated carbocycles. The van der Waals surface area contributed by atoms with Crippen LogP contribution in [0, 0.1) is 17.0 Å². The molecule has 7 heteroatoms. The minimum absolute atomic E-state index is 0.0138. The van der Waals surface area contributed by atoms with Gasteiger partial charge in [0.25, 0.3) is 5.91 Å². The van der Waals surface area contributed by atoms with E-state index in [1.165, 1.54) is 12.4 Å². The predicted octanol–water partition coefficient (Wildman–Crippen LogP) is 2.88. The first kappa shape index (κ1) is 18.0. The van der Waals surface area contributed by atoms with Gasteiger partial charge in [0.1, 0.15) is 5.69 Å². The molecule has 0 radical (unpaired) electrons. The first-order valence-electron chi connectivity index (χ1n) is 9.27. The van der Waals surface area contributed by atoms with Crippen molar-refractivity contribution in [2.24, 2.45) is 5.41 Å². The lowest BCUT2D eigenvalue weighted by Crippen LogP contribution is -2.45. The van der Waals surface area contributed by atoms with Crippen molar-refractivity contribution in [1.29, 1.82) is 0 Å². The molecule has 0 bridgehead atoms. The average Bonchev–Trinajstić information content (AvgIpc) is 3.09. The number of aromatic nitrogens is 2. The van der Waals surface area contributed by atoms with Gasteiger partial charge in [-0.25, -0.2) is 13.8 Å². The molecule has 2 aliphatic rings. The average molecular weight is 372 g/mol. The zero-order valence-corrected chi connectivity index (χ0v) is 15.1. The summed E-state index contributed by atoms with van der Waals surface area (Å²) in [4.78, 5) is 24.7. The fraction of sp³-hybridized carbons (Fsp3) is 0.450. The quantitative estimate of drug-likeness (QED) is 0.831. The Labute approximate surface area is 157 Å². The minimum atomic E-state index is -0.805. The number of benzene rings is 1. The van der Waals surface area contributed by atoms with Gasteiger partial charge in [-0.2, -0.15) is 0 Å². The molecule has 142 valence electrons. The number of carbonyl (C=O) groups is 1. The van der Waals surface area contributed by atoms with E-state index < -0.39 is 11.6 Å². The SMILES string of the molecule is O=C(c1cnccn1)N1CC[C@@]2(CCCN(Cc3cccc(F)c3F)C2)C1. The zero-order chi connectivity index (χ0) is 18.9. The lowest BCUT2D eigenvalue weighted by molar-refractivity contribution is 0.0668. The van der Waals surface area contributed by atoms with E-state index in [1.54, 1.807) is 18.3 Å². The van der Waals surface area contributed by atoms with Crippen LogP contribution in [-0.2, 0) is 6.54 Å². The number of carbonyl (C=O) groups excluding carboxylic acids is 1. The Bertz CT molecular complexity index is 832. The molecular weight excluding hydrogens is 350 g/mol. The van der Waals surface area contributed by atoms with Crippen molar-refractivity contribution in [1.82, 2.24) is 19.8 Å². The van der Waals surface area contributed by atoms with Gasteiger partial charge in [0, 0.05) is 49.6 Å². The third-order valence-electron chi connectivity index (χ3n) is 5.67. The van der Waals surface area contributed by atoms with E-state index >= 15 is 0 Å². The van der Waals surface area contributed by atoms with Gasteiger partial charge in [-0.05, 0) is 31.9 Å². The fourth-order valence-electron chi connectivity index (χ4n) is 4.37. The van der Waals surface area contributed by atoms with Gasteiger partial charge < -0.3 is 4.90 Å². The molecule has 27 heavy (non-hydrogen) atoms. The summed E-state index contributed by atoms with van der Waals surface area (Å²) in [5.74, 6) is -1.66. The Balaban J connectivity index is 1.43. The normalized spacial score (nSPS) is 23.1. The monoisotopic (exact) mass is 372 g/mol. The van der Waals surface area contributed by atoms with Crippen LogP contribution in [0.15, 0.2) is 36.8 Å². The standard InChI is InChI=1S/C20H22F2N4O/c21-16-4-1-3-15(18(16)22)12-25-9-2-5-20(13-25)6-10-26(14-20)19(27)17-11-23-7-8-24-17/h1,3-4,7-8,11H,2,5-6,9-10,12-14H2/t20-/m1/s1. The number of hydrogen-bond donors (Lipinski definition) is 0. The van der Waals surface area contributed by atoms with E-state index in [1.807, 2.05) is 4.90 Å². The second-order valence-corrected chi connectivity index (χ2v) is 7.59. The number of hydrogen-bond acceptors (Lipinski definition) is 4. The summed E-state index contributed by atoms with van der Waals surface area (Å²) in [5.41, 5.74) is 0.765. The Morgan fingerprint density at radius 2 is 2.04 bits per heavy atom. The molecule has 2 aliphatic heterocycles. The van der Waals surface area contributed by atoms with Crippen molar-refractivity contribution in [3.63, 3.8) is 0 Å². The van der Waals surface area contributed by atoms with Crippen LogP contribution in [0.2, 0.25) is 0 Å². The molecule has 2 aromatic rings. The van der Waals surface area contributed by atoms with Crippen molar-refractivity contribution < 1.29 is 13.6 Å². The number of rotatable bonds is 3. The molecule has 0 unspecified atom stereocenters. The summed E-state index contributed by atoms with van der Waals surface area (Å²) in [6.07, 6.45) is 7.51. The molecule has 1 atom stereocenters. The third-order valence-corrected chi connectivity index (χ3v) is 5.67. The Morgan fingerprint density at radius 3 is 2.85 bits per heavy atom. The second-order valence-electron chi connectivity index (χ2n) is 7.59. The maximum Gasteiger partial charge on any atom is 0.274 e. The van der Waals surface area contributed by atoms with E-state index in [9.17, 15) is 13.6 Å². The molecule has 2 fully saturated rings. The third kappa shape index (κ3) is 3.69. The topological polar surface area (TPSA) is 49.3 Å². The summed E-state index contributed by atoms with van der Waals surface area (Å²) in [6, 6.07) is 4.33. The summed E-state index contributed by atoms with van der Waals surface area (Å²) < 4.78 is 27.5. The predicted molar refractivity (Wildman–Crippen MR) is 95.9 cm³/mol. The summed E-state index contributed by atoms with van der Waals surface area (Å²) >= 11 is 0. The van der Waals surface area contributed by atoms with E-state index in [0.29, 0.717) is 30.9 Å². The highest BCUT2D eigenvalue weighted by Gasteiger charge is 2.43. The summed E-state index contributed by atoms with van der Waals surface area (Å²) in [7, 11) is 0. The maximum atomic E-state index is 14.0. The van der Waals surface area contributed by atoms with Crippen LogP contribution in [0.4, 0.5) is 8.78 Å². The molecule has 5 nitrogen and oxygen atoms in total. The van der Waals surface area contributed by atoms with Crippen molar-refractivity contribution in [2.45, 2.75) is 25.8 Å². The van der Waals surface area contributed by atoms with Crippen LogP contribution in [0.5, 0.6) is 0 Å². The lowest BCUT2D eigenvalue weighted by atomic mass is 9.79. The second kappa shape index (κ2) is 7.31. The van der Waals surface area contributed by atoms with E-state index in [0.717, 1.165) is 38.4 Å². The highest BCUT2D eigenvalue weighted by atomic mass is 19.2. The zero-order valence-electron chi connectivity index (χ0n) is 15.1.